The van der Waals surface area contributed by atoms with Gasteiger partial charge in [-0.15, -0.1) is 0 Å². The molecule has 0 bridgehead atoms. The van der Waals surface area contributed by atoms with Crippen molar-refractivity contribution in [2.24, 2.45) is 11.8 Å². The third-order valence-electron chi connectivity index (χ3n) is 5.73. The molecule has 1 N–H and O–H groups in total. The fourth-order valence-electron chi connectivity index (χ4n) is 4.03. The van der Waals surface area contributed by atoms with Crippen LogP contribution >= 0.6 is 0 Å². The lowest BCUT2D eigenvalue weighted by molar-refractivity contribution is -0.137. The SMILES string of the molecule is CCNCC1CCN(C(=O)C2CC(=O)N(c3cc(OC)cc(OC)c3)C2)CC1. The smallest absolute Gasteiger partial charge is 0.228 e. The van der Waals surface area contributed by atoms with Crippen LogP contribution in [0.2, 0.25) is 0 Å². The van der Waals surface area contributed by atoms with Crippen LogP contribution in [-0.2, 0) is 9.59 Å². The molecule has 2 aliphatic rings. The molecule has 28 heavy (non-hydrogen) atoms. The average molecular weight is 389 g/mol. The molecule has 3 rings (SSSR count). The van der Waals surface area contributed by atoms with Gasteiger partial charge in [-0.1, -0.05) is 6.92 Å². The summed E-state index contributed by atoms with van der Waals surface area (Å²) in [5, 5.41) is 3.39. The van der Waals surface area contributed by atoms with Gasteiger partial charge in [0.05, 0.1) is 25.8 Å². The Bertz CT molecular complexity index is 679. The first-order chi connectivity index (χ1) is 13.5. The van der Waals surface area contributed by atoms with E-state index in [0.717, 1.165) is 39.0 Å². The quantitative estimate of drug-likeness (QED) is 0.771. The summed E-state index contributed by atoms with van der Waals surface area (Å²) in [5.74, 6) is 1.67. The lowest BCUT2D eigenvalue weighted by Crippen LogP contribution is -2.44. The molecule has 2 aliphatic heterocycles. The van der Waals surface area contributed by atoms with Crippen molar-refractivity contribution in [3.63, 3.8) is 0 Å². The second-order valence-corrected chi connectivity index (χ2v) is 7.55. The molecule has 0 radical (unpaired) electrons. The summed E-state index contributed by atoms with van der Waals surface area (Å²) in [6, 6.07) is 5.38. The van der Waals surface area contributed by atoms with Crippen LogP contribution in [0.25, 0.3) is 0 Å². The van der Waals surface area contributed by atoms with Gasteiger partial charge < -0.3 is 24.6 Å². The minimum absolute atomic E-state index is 0.0318. The molecule has 7 nitrogen and oxygen atoms in total. The van der Waals surface area contributed by atoms with Crippen molar-refractivity contribution in [1.29, 1.82) is 0 Å². The van der Waals surface area contributed by atoms with Crippen LogP contribution < -0.4 is 19.7 Å². The Kier molecular flexibility index (Phi) is 6.78. The van der Waals surface area contributed by atoms with Gasteiger partial charge in [0.25, 0.3) is 0 Å². The Morgan fingerprint density at radius 2 is 1.79 bits per heavy atom. The number of hydrogen-bond acceptors (Lipinski definition) is 5. The second kappa shape index (κ2) is 9.28. The normalized spacial score (nSPS) is 20.5. The van der Waals surface area contributed by atoms with E-state index in [2.05, 4.69) is 12.2 Å². The molecular weight excluding hydrogens is 358 g/mol. The van der Waals surface area contributed by atoms with E-state index in [4.69, 9.17) is 9.47 Å². The van der Waals surface area contributed by atoms with Crippen LogP contribution in [0, 0.1) is 11.8 Å². The molecule has 0 aromatic heterocycles. The average Bonchev–Trinajstić information content (AvgIpc) is 3.13. The van der Waals surface area contributed by atoms with Gasteiger partial charge in [0.2, 0.25) is 11.8 Å². The second-order valence-electron chi connectivity index (χ2n) is 7.55. The van der Waals surface area contributed by atoms with Crippen molar-refractivity contribution in [3.8, 4) is 11.5 Å². The first-order valence-corrected chi connectivity index (χ1v) is 10.1. The summed E-state index contributed by atoms with van der Waals surface area (Å²) < 4.78 is 10.6. The zero-order chi connectivity index (χ0) is 20.1. The zero-order valence-electron chi connectivity index (χ0n) is 17.1. The number of nitrogens with zero attached hydrogens (tertiary/aromatic N) is 2. The number of anilines is 1. The summed E-state index contributed by atoms with van der Waals surface area (Å²) in [4.78, 5) is 29.2. The van der Waals surface area contributed by atoms with Gasteiger partial charge in [-0.3, -0.25) is 9.59 Å². The van der Waals surface area contributed by atoms with Gasteiger partial charge >= 0.3 is 0 Å². The van der Waals surface area contributed by atoms with Gasteiger partial charge in [0, 0.05) is 44.3 Å². The fourth-order valence-corrected chi connectivity index (χ4v) is 4.03. The van der Waals surface area contributed by atoms with Crippen LogP contribution in [0.15, 0.2) is 18.2 Å². The fraction of sp³-hybridized carbons (Fsp3) is 0.619. The van der Waals surface area contributed by atoms with Gasteiger partial charge in [-0.05, 0) is 31.8 Å². The van der Waals surface area contributed by atoms with E-state index in [0.29, 0.717) is 29.6 Å². The molecule has 0 aliphatic carbocycles. The lowest BCUT2D eigenvalue weighted by atomic mass is 9.95. The predicted molar refractivity (Wildman–Crippen MR) is 108 cm³/mol. The zero-order valence-corrected chi connectivity index (χ0v) is 17.1. The topological polar surface area (TPSA) is 71.1 Å². The molecule has 2 fully saturated rings. The Morgan fingerprint density at radius 3 is 2.36 bits per heavy atom. The van der Waals surface area contributed by atoms with Crippen molar-refractivity contribution in [2.75, 3.05) is 51.8 Å². The number of hydrogen-bond donors (Lipinski definition) is 1. The maximum absolute atomic E-state index is 13.0. The number of nitrogens with one attached hydrogen (secondary N) is 1. The van der Waals surface area contributed by atoms with Gasteiger partial charge in [0.15, 0.2) is 0 Å². The standard InChI is InChI=1S/C21H31N3O4/c1-4-22-13-15-5-7-23(8-6-15)21(26)16-9-20(25)24(14-16)17-10-18(27-2)12-19(11-17)28-3/h10-12,15-16,22H,4-9,13-14H2,1-3H3. The van der Waals surface area contributed by atoms with Crippen LogP contribution in [0.1, 0.15) is 26.2 Å². The monoisotopic (exact) mass is 389 g/mol. The molecular formula is C21H31N3O4. The highest BCUT2D eigenvalue weighted by Crippen LogP contribution is 2.33. The highest BCUT2D eigenvalue weighted by atomic mass is 16.5. The number of piperidine rings is 1. The maximum atomic E-state index is 13.0. The largest absolute Gasteiger partial charge is 0.497 e. The van der Waals surface area contributed by atoms with E-state index in [1.807, 2.05) is 4.90 Å². The Morgan fingerprint density at radius 1 is 1.14 bits per heavy atom. The van der Waals surface area contributed by atoms with Gasteiger partial charge in [-0.2, -0.15) is 0 Å². The third-order valence-corrected chi connectivity index (χ3v) is 5.73. The van der Waals surface area contributed by atoms with Gasteiger partial charge in [-0.25, -0.2) is 0 Å². The molecule has 7 heteroatoms. The van der Waals surface area contributed by atoms with Crippen molar-refractivity contribution in [1.82, 2.24) is 10.2 Å². The number of ether oxygens (including phenoxy) is 2. The van der Waals surface area contributed by atoms with Crippen molar-refractivity contribution < 1.29 is 19.1 Å². The molecule has 154 valence electrons. The van der Waals surface area contributed by atoms with Crippen molar-refractivity contribution in [2.45, 2.75) is 26.2 Å². The molecule has 0 spiro atoms. The summed E-state index contributed by atoms with van der Waals surface area (Å²) in [5.41, 5.74) is 0.709. The van der Waals surface area contributed by atoms with E-state index in [1.165, 1.54) is 0 Å². The minimum atomic E-state index is -0.282. The Balaban J connectivity index is 1.62. The molecule has 2 amide bonds. The molecule has 1 aromatic rings. The van der Waals surface area contributed by atoms with Crippen molar-refractivity contribution in [3.05, 3.63) is 18.2 Å². The molecule has 2 saturated heterocycles. The van der Waals surface area contributed by atoms with Crippen molar-refractivity contribution >= 4 is 17.5 Å². The molecule has 1 unspecified atom stereocenters. The number of carbonyl (C=O) groups excluding carboxylic acids is 2. The van der Waals surface area contributed by atoms with Crippen LogP contribution in [0.3, 0.4) is 0 Å². The first kappa shape index (κ1) is 20.5. The highest BCUT2D eigenvalue weighted by molar-refractivity contribution is 6.00. The number of methoxy groups -OCH3 is 2. The van der Waals surface area contributed by atoms with E-state index in [9.17, 15) is 9.59 Å². The predicted octanol–water partition coefficient (Wildman–Crippen LogP) is 1.90. The minimum Gasteiger partial charge on any atom is -0.497 e. The molecule has 0 saturated carbocycles. The van der Waals surface area contributed by atoms with Crippen LogP contribution in [-0.4, -0.2) is 63.7 Å². The van der Waals surface area contributed by atoms with Crippen LogP contribution in [0.5, 0.6) is 11.5 Å². The number of likely N-dealkylation sites (tertiary alicyclic amines) is 1. The van der Waals surface area contributed by atoms with Gasteiger partial charge in [0.1, 0.15) is 11.5 Å². The number of carbonyl (C=O) groups is 2. The Labute approximate surface area is 167 Å². The van der Waals surface area contributed by atoms with Crippen LogP contribution in [0.4, 0.5) is 5.69 Å². The molecule has 2 heterocycles. The summed E-state index contributed by atoms with van der Waals surface area (Å²) >= 11 is 0. The molecule has 1 aromatic carbocycles. The summed E-state index contributed by atoms with van der Waals surface area (Å²) in [7, 11) is 3.16. The Hall–Kier alpha value is -2.28. The van der Waals surface area contributed by atoms with E-state index in [-0.39, 0.29) is 24.2 Å². The number of amides is 2. The summed E-state index contributed by atoms with van der Waals surface area (Å²) in [6.45, 7) is 6.09. The highest BCUT2D eigenvalue weighted by Gasteiger charge is 2.38. The summed E-state index contributed by atoms with van der Waals surface area (Å²) in [6.07, 6.45) is 2.31. The maximum Gasteiger partial charge on any atom is 0.228 e. The van der Waals surface area contributed by atoms with E-state index < -0.39 is 0 Å². The third kappa shape index (κ3) is 4.58. The number of benzene rings is 1. The number of rotatable bonds is 7. The van der Waals surface area contributed by atoms with E-state index >= 15 is 0 Å². The first-order valence-electron chi connectivity index (χ1n) is 10.1. The van der Waals surface area contributed by atoms with E-state index in [1.54, 1.807) is 37.3 Å². The molecule has 1 atom stereocenters. The lowest BCUT2D eigenvalue weighted by Gasteiger charge is -2.33.